The van der Waals surface area contributed by atoms with Gasteiger partial charge in [-0.05, 0) is 49.6 Å². The highest BCUT2D eigenvalue weighted by Crippen LogP contribution is 2.26. The number of methoxy groups -OCH3 is 1. The van der Waals surface area contributed by atoms with Gasteiger partial charge in [0.1, 0.15) is 5.75 Å². The highest BCUT2D eigenvalue weighted by Gasteiger charge is 2.13. The molecule has 0 heterocycles. The van der Waals surface area contributed by atoms with Crippen LogP contribution in [0.2, 0.25) is 0 Å². The fourth-order valence-electron chi connectivity index (χ4n) is 2.89. The summed E-state index contributed by atoms with van der Waals surface area (Å²) in [6.45, 7) is 7.03. The zero-order valence-electron chi connectivity index (χ0n) is 13.2. The van der Waals surface area contributed by atoms with E-state index in [1.165, 1.54) is 22.3 Å². The maximum Gasteiger partial charge on any atom is 0.141 e. The summed E-state index contributed by atoms with van der Waals surface area (Å²) in [5.41, 5.74) is 12.4. The lowest BCUT2D eigenvalue weighted by atomic mass is 9.94. The van der Waals surface area contributed by atoms with Crippen LogP contribution in [-0.4, -0.2) is 13.7 Å². The summed E-state index contributed by atoms with van der Waals surface area (Å²) in [5.74, 6) is 0.835. The molecule has 3 N–H and O–H groups in total. The van der Waals surface area contributed by atoms with Gasteiger partial charge in [-0.25, -0.2) is 0 Å². The number of anilines is 1. The maximum absolute atomic E-state index is 6.38. The Morgan fingerprint density at radius 1 is 1.10 bits per heavy atom. The lowest BCUT2D eigenvalue weighted by Gasteiger charge is -2.20. The molecule has 2 rings (SSSR count). The minimum Gasteiger partial charge on any atom is -0.495 e. The summed E-state index contributed by atoms with van der Waals surface area (Å²) < 4.78 is 5.34. The van der Waals surface area contributed by atoms with Gasteiger partial charge in [0.2, 0.25) is 0 Å². The Kier molecular flexibility index (Phi) is 4.86. The van der Waals surface area contributed by atoms with Gasteiger partial charge in [0, 0.05) is 12.6 Å². The molecule has 0 aromatic heterocycles. The van der Waals surface area contributed by atoms with Crippen molar-refractivity contribution in [2.75, 3.05) is 19.0 Å². The maximum atomic E-state index is 6.38. The molecule has 0 bridgehead atoms. The van der Waals surface area contributed by atoms with Crippen molar-refractivity contribution in [1.29, 1.82) is 0 Å². The van der Waals surface area contributed by atoms with Crippen LogP contribution in [0, 0.1) is 20.8 Å². The number of para-hydroxylation sites is 2. The summed E-state index contributed by atoms with van der Waals surface area (Å²) in [4.78, 5) is 0. The lowest BCUT2D eigenvalue weighted by molar-refractivity contribution is 0.416. The molecular weight excluding hydrogens is 260 g/mol. The molecule has 112 valence electrons. The summed E-state index contributed by atoms with van der Waals surface area (Å²) in [5, 5.41) is 3.38. The van der Waals surface area contributed by atoms with Crippen molar-refractivity contribution in [1.82, 2.24) is 0 Å². The van der Waals surface area contributed by atoms with Gasteiger partial charge in [0.05, 0.1) is 12.8 Å². The van der Waals surface area contributed by atoms with Crippen LogP contribution in [0.3, 0.4) is 0 Å². The monoisotopic (exact) mass is 284 g/mol. The molecule has 0 radical (unpaired) electrons. The second kappa shape index (κ2) is 6.64. The predicted octanol–water partition coefficient (Wildman–Crippen LogP) is 3.73. The van der Waals surface area contributed by atoms with E-state index in [1.807, 2.05) is 24.3 Å². The molecule has 2 aromatic rings. The van der Waals surface area contributed by atoms with E-state index in [0.29, 0.717) is 6.54 Å². The largest absolute Gasteiger partial charge is 0.495 e. The molecule has 0 amide bonds. The van der Waals surface area contributed by atoms with Gasteiger partial charge in [0.15, 0.2) is 0 Å². The Balaban J connectivity index is 2.14. The van der Waals surface area contributed by atoms with E-state index in [1.54, 1.807) is 7.11 Å². The molecule has 21 heavy (non-hydrogen) atoms. The molecule has 0 aliphatic heterocycles. The summed E-state index contributed by atoms with van der Waals surface area (Å²) in [6, 6.07) is 12.2. The zero-order valence-corrected chi connectivity index (χ0v) is 13.2. The van der Waals surface area contributed by atoms with Crippen molar-refractivity contribution < 1.29 is 4.74 Å². The number of nitrogens with one attached hydrogen (secondary N) is 1. The lowest BCUT2D eigenvalue weighted by Crippen LogP contribution is -2.22. The second-order valence-electron chi connectivity index (χ2n) is 5.50. The van der Waals surface area contributed by atoms with Gasteiger partial charge in [-0.2, -0.15) is 0 Å². The van der Waals surface area contributed by atoms with Gasteiger partial charge in [-0.15, -0.1) is 0 Å². The highest BCUT2D eigenvalue weighted by molar-refractivity contribution is 5.56. The predicted molar refractivity (Wildman–Crippen MR) is 89.1 cm³/mol. The zero-order chi connectivity index (χ0) is 15.4. The molecule has 0 aliphatic carbocycles. The van der Waals surface area contributed by atoms with Gasteiger partial charge in [-0.1, -0.05) is 29.8 Å². The molecule has 3 heteroatoms. The third kappa shape index (κ3) is 3.56. The van der Waals surface area contributed by atoms with Crippen molar-refractivity contribution in [2.45, 2.75) is 26.8 Å². The van der Waals surface area contributed by atoms with Crippen molar-refractivity contribution in [3.05, 3.63) is 58.7 Å². The van der Waals surface area contributed by atoms with E-state index in [9.17, 15) is 0 Å². The summed E-state index contributed by atoms with van der Waals surface area (Å²) in [7, 11) is 1.68. The van der Waals surface area contributed by atoms with Gasteiger partial charge >= 0.3 is 0 Å². The quantitative estimate of drug-likeness (QED) is 0.879. The normalized spacial score (nSPS) is 12.0. The second-order valence-corrected chi connectivity index (χ2v) is 5.50. The smallest absolute Gasteiger partial charge is 0.141 e. The van der Waals surface area contributed by atoms with Crippen LogP contribution >= 0.6 is 0 Å². The topological polar surface area (TPSA) is 47.3 Å². The third-order valence-corrected chi connectivity index (χ3v) is 3.73. The summed E-state index contributed by atoms with van der Waals surface area (Å²) in [6.07, 6.45) is 0. The Labute approximate surface area is 127 Å². The van der Waals surface area contributed by atoms with Crippen LogP contribution in [0.4, 0.5) is 5.69 Å². The van der Waals surface area contributed by atoms with Crippen molar-refractivity contribution in [3.63, 3.8) is 0 Å². The summed E-state index contributed by atoms with van der Waals surface area (Å²) >= 11 is 0. The standard InChI is InChI=1S/C18H24N2O/c1-12-9-13(2)18(14(3)10-12)15(19)11-20-16-7-5-6-8-17(16)21-4/h5-10,15,20H,11,19H2,1-4H3. The fourth-order valence-corrected chi connectivity index (χ4v) is 2.89. The number of hydrogen-bond acceptors (Lipinski definition) is 3. The van der Waals surface area contributed by atoms with E-state index >= 15 is 0 Å². The van der Waals surface area contributed by atoms with E-state index in [4.69, 9.17) is 10.5 Å². The molecule has 0 saturated carbocycles. The number of rotatable bonds is 5. The van der Waals surface area contributed by atoms with Crippen LogP contribution in [0.5, 0.6) is 5.75 Å². The first-order valence-corrected chi connectivity index (χ1v) is 7.23. The van der Waals surface area contributed by atoms with E-state index in [2.05, 4.69) is 38.2 Å². The van der Waals surface area contributed by atoms with Crippen LogP contribution in [0.25, 0.3) is 0 Å². The molecule has 1 unspecified atom stereocenters. The van der Waals surface area contributed by atoms with Gasteiger partial charge in [0.25, 0.3) is 0 Å². The molecule has 1 atom stereocenters. The molecule has 2 aromatic carbocycles. The number of aryl methyl sites for hydroxylation is 3. The van der Waals surface area contributed by atoms with Crippen molar-refractivity contribution >= 4 is 5.69 Å². The molecule has 0 aliphatic rings. The minimum absolute atomic E-state index is 0.0458. The first kappa shape index (κ1) is 15.4. The van der Waals surface area contributed by atoms with E-state index < -0.39 is 0 Å². The Bertz CT molecular complexity index is 599. The molecule has 0 fully saturated rings. The average Bonchev–Trinajstić information content (AvgIpc) is 2.44. The molecular formula is C18H24N2O. The Hall–Kier alpha value is -2.00. The first-order chi connectivity index (χ1) is 10.0. The Morgan fingerprint density at radius 3 is 2.33 bits per heavy atom. The third-order valence-electron chi connectivity index (χ3n) is 3.73. The first-order valence-electron chi connectivity index (χ1n) is 7.23. The number of benzene rings is 2. The Morgan fingerprint density at radius 2 is 1.71 bits per heavy atom. The molecule has 3 nitrogen and oxygen atoms in total. The highest BCUT2D eigenvalue weighted by atomic mass is 16.5. The van der Waals surface area contributed by atoms with Crippen LogP contribution in [0.1, 0.15) is 28.3 Å². The van der Waals surface area contributed by atoms with E-state index in [-0.39, 0.29) is 6.04 Å². The minimum atomic E-state index is -0.0458. The molecule has 0 saturated heterocycles. The average molecular weight is 284 g/mol. The number of hydrogen-bond donors (Lipinski definition) is 2. The van der Waals surface area contributed by atoms with Crippen molar-refractivity contribution in [3.8, 4) is 5.75 Å². The molecule has 0 spiro atoms. The van der Waals surface area contributed by atoms with Crippen molar-refractivity contribution in [2.24, 2.45) is 5.73 Å². The SMILES string of the molecule is COc1ccccc1NCC(N)c1c(C)cc(C)cc1C. The number of ether oxygens (including phenoxy) is 1. The van der Waals surface area contributed by atoms with Crippen LogP contribution in [-0.2, 0) is 0 Å². The van der Waals surface area contributed by atoms with Gasteiger partial charge in [-0.3, -0.25) is 0 Å². The number of nitrogens with two attached hydrogens (primary N) is 1. The van der Waals surface area contributed by atoms with Crippen LogP contribution < -0.4 is 15.8 Å². The van der Waals surface area contributed by atoms with Gasteiger partial charge < -0.3 is 15.8 Å². The van der Waals surface area contributed by atoms with E-state index in [0.717, 1.165) is 11.4 Å². The van der Waals surface area contributed by atoms with Crippen LogP contribution in [0.15, 0.2) is 36.4 Å². The fraction of sp³-hybridized carbons (Fsp3) is 0.333.